The summed E-state index contributed by atoms with van der Waals surface area (Å²) in [7, 11) is 1.69. The summed E-state index contributed by atoms with van der Waals surface area (Å²) in [6.45, 7) is 11.7. The highest BCUT2D eigenvalue weighted by Crippen LogP contribution is 2.38. The van der Waals surface area contributed by atoms with Crippen LogP contribution in [0.2, 0.25) is 0 Å². The van der Waals surface area contributed by atoms with Crippen molar-refractivity contribution in [1.29, 1.82) is 0 Å². The van der Waals surface area contributed by atoms with Crippen molar-refractivity contribution in [3.63, 3.8) is 0 Å². The molecule has 4 aromatic rings. The number of aryl methyl sites for hydroxylation is 1. The molecule has 0 fully saturated rings. The van der Waals surface area contributed by atoms with Crippen molar-refractivity contribution in [2.24, 2.45) is 0 Å². The summed E-state index contributed by atoms with van der Waals surface area (Å²) in [4.78, 5) is 3.63. The number of benzene rings is 3. The third-order valence-corrected chi connectivity index (χ3v) is 5.16. The summed E-state index contributed by atoms with van der Waals surface area (Å²) in [5.74, 6) is 0.816. The van der Waals surface area contributed by atoms with Crippen LogP contribution in [0.1, 0.15) is 11.1 Å². The minimum absolute atomic E-state index is 0.645. The number of aromatic nitrogens is 1. The van der Waals surface area contributed by atoms with Gasteiger partial charge in [-0.1, -0.05) is 36.4 Å². The molecule has 0 N–H and O–H groups in total. The van der Waals surface area contributed by atoms with E-state index in [1.807, 2.05) is 42.5 Å². The summed E-state index contributed by atoms with van der Waals surface area (Å²) in [5.41, 5.74) is 7.52. The van der Waals surface area contributed by atoms with Crippen LogP contribution in [0, 0.1) is 20.4 Å². The van der Waals surface area contributed by atoms with Gasteiger partial charge < -0.3 is 9.30 Å². The highest BCUT2D eigenvalue weighted by Gasteiger charge is 2.16. The molecular formula is C24H20N2O. The van der Waals surface area contributed by atoms with E-state index in [0.29, 0.717) is 5.69 Å². The van der Waals surface area contributed by atoms with Crippen molar-refractivity contribution < 1.29 is 4.74 Å². The van der Waals surface area contributed by atoms with Crippen LogP contribution in [-0.4, -0.2) is 11.7 Å². The third kappa shape index (κ3) is 2.76. The fourth-order valence-corrected chi connectivity index (χ4v) is 3.57. The van der Waals surface area contributed by atoms with E-state index in [9.17, 15) is 0 Å². The maximum absolute atomic E-state index is 7.40. The zero-order valence-corrected chi connectivity index (χ0v) is 15.7. The van der Waals surface area contributed by atoms with Crippen LogP contribution in [-0.2, 0) is 0 Å². The molecule has 0 unspecified atom stereocenters. The monoisotopic (exact) mass is 352 g/mol. The molecule has 4 rings (SSSR count). The maximum atomic E-state index is 7.40. The average Bonchev–Trinajstić information content (AvgIpc) is 3.08. The second-order valence-electron chi connectivity index (χ2n) is 6.65. The van der Waals surface area contributed by atoms with Gasteiger partial charge >= 0.3 is 0 Å². The first-order valence-corrected chi connectivity index (χ1v) is 8.86. The van der Waals surface area contributed by atoms with Crippen molar-refractivity contribution >= 4 is 16.6 Å². The van der Waals surface area contributed by atoms with E-state index in [1.165, 1.54) is 16.7 Å². The third-order valence-electron chi connectivity index (χ3n) is 5.16. The van der Waals surface area contributed by atoms with E-state index in [0.717, 1.165) is 27.9 Å². The largest absolute Gasteiger partial charge is 0.495 e. The molecule has 3 aromatic carbocycles. The van der Waals surface area contributed by atoms with E-state index in [4.69, 9.17) is 11.3 Å². The number of ether oxygens (including phenoxy) is 1. The molecule has 0 saturated carbocycles. The quantitative estimate of drug-likeness (QED) is 0.386. The lowest BCUT2D eigenvalue weighted by molar-refractivity contribution is 0.413. The molecule has 1 aromatic heterocycles. The van der Waals surface area contributed by atoms with E-state index >= 15 is 0 Å². The normalized spacial score (nSPS) is 10.7. The van der Waals surface area contributed by atoms with Gasteiger partial charge in [0.1, 0.15) is 5.75 Å². The maximum Gasteiger partial charge on any atom is 0.188 e. The van der Waals surface area contributed by atoms with Gasteiger partial charge in [0, 0.05) is 11.8 Å². The Labute approximate surface area is 159 Å². The molecule has 0 atom stereocenters. The van der Waals surface area contributed by atoms with Gasteiger partial charge in [0.15, 0.2) is 5.69 Å². The predicted molar refractivity (Wildman–Crippen MR) is 111 cm³/mol. The number of hydrogen-bond acceptors (Lipinski definition) is 1. The van der Waals surface area contributed by atoms with Crippen LogP contribution in [0.15, 0.2) is 66.9 Å². The smallest absolute Gasteiger partial charge is 0.188 e. The molecule has 0 spiro atoms. The Morgan fingerprint density at radius 2 is 1.74 bits per heavy atom. The lowest BCUT2D eigenvalue weighted by Gasteiger charge is -2.10. The molecule has 3 heteroatoms. The Bertz CT molecular complexity index is 1190. The Balaban J connectivity index is 2.08. The second kappa shape index (κ2) is 6.66. The van der Waals surface area contributed by atoms with E-state index in [-0.39, 0.29) is 0 Å². The minimum atomic E-state index is 0.645. The molecule has 27 heavy (non-hydrogen) atoms. The molecular weight excluding hydrogens is 332 g/mol. The zero-order valence-electron chi connectivity index (χ0n) is 15.7. The first kappa shape index (κ1) is 16.9. The number of hydrogen-bond donors (Lipinski definition) is 0. The SMILES string of the molecule is [C-]#[N+]c1ccc2c(c1)c(-c1cccc(C)c1C)cn2-c1ccccc1OC. The molecule has 0 radical (unpaired) electrons. The van der Waals surface area contributed by atoms with Gasteiger partial charge in [-0.15, -0.1) is 0 Å². The van der Waals surface area contributed by atoms with Gasteiger partial charge in [-0.3, -0.25) is 0 Å². The molecule has 0 aliphatic heterocycles. The highest BCUT2D eigenvalue weighted by molar-refractivity contribution is 6.00. The molecule has 0 bridgehead atoms. The molecule has 0 aliphatic carbocycles. The predicted octanol–water partition coefficient (Wildman–Crippen LogP) is 6.47. The average molecular weight is 352 g/mol. The number of fused-ring (bicyclic) bond motifs is 1. The summed E-state index contributed by atoms with van der Waals surface area (Å²) in [6.07, 6.45) is 2.15. The summed E-state index contributed by atoms with van der Waals surface area (Å²) < 4.78 is 7.73. The van der Waals surface area contributed by atoms with Crippen LogP contribution in [0.25, 0.3) is 32.6 Å². The van der Waals surface area contributed by atoms with E-state index in [1.54, 1.807) is 7.11 Å². The molecule has 132 valence electrons. The van der Waals surface area contributed by atoms with Crippen molar-refractivity contribution in [1.82, 2.24) is 4.57 Å². The molecule has 1 heterocycles. The van der Waals surface area contributed by atoms with Gasteiger partial charge in [-0.25, -0.2) is 4.85 Å². The fourth-order valence-electron chi connectivity index (χ4n) is 3.57. The van der Waals surface area contributed by atoms with Crippen LogP contribution in [0.5, 0.6) is 5.75 Å². The Morgan fingerprint density at radius 3 is 2.52 bits per heavy atom. The Hall–Kier alpha value is -3.51. The standard InChI is InChI=1S/C24H20N2O/c1-16-8-7-9-19(17(16)2)21-15-26(23-10-5-6-11-24(23)27-4)22-13-12-18(25-3)14-20(21)22/h5-15H,1-2,4H3. The van der Waals surface area contributed by atoms with Gasteiger partial charge in [-0.2, -0.15) is 0 Å². The first-order valence-electron chi connectivity index (χ1n) is 8.86. The van der Waals surface area contributed by atoms with Crippen LogP contribution in [0.3, 0.4) is 0 Å². The van der Waals surface area contributed by atoms with Crippen molar-refractivity contribution in [3.05, 3.63) is 89.4 Å². The zero-order chi connectivity index (χ0) is 19.0. The van der Waals surface area contributed by atoms with Crippen molar-refractivity contribution in [2.75, 3.05) is 7.11 Å². The topological polar surface area (TPSA) is 18.5 Å². The molecule has 3 nitrogen and oxygen atoms in total. The van der Waals surface area contributed by atoms with Crippen LogP contribution in [0.4, 0.5) is 5.69 Å². The highest BCUT2D eigenvalue weighted by atomic mass is 16.5. The summed E-state index contributed by atoms with van der Waals surface area (Å²) >= 11 is 0. The number of methoxy groups -OCH3 is 1. The van der Waals surface area contributed by atoms with Gasteiger partial charge in [-0.05, 0) is 60.2 Å². The number of rotatable bonds is 3. The molecule has 0 amide bonds. The van der Waals surface area contributed by atoms with Gasteiger partial charge in [0.05, 0.1) is 24.9 Å². The Morgan fingerprint density at radius 1 is 0.926 bits per heavy atom. The van der Waals surface area contributed by atoms with Gasteiger partial charge in [0.2, 0.25) is 0 Å². The molecule has 0 saturated heterocycles. The number of nitrogens with zero attached hydrogens (tertiary/aromatic N) is 2. The number of para-hydroxylation sites is 2. The lowest BCUT2D eigenvalue weighted by atomic mass is 9.97. The first-order chi connectivity index (χ1) is 13.1. The van der Waals surface area contributed by atoms with Crippen molar-refractivity contribution in [2.45, 2.75) is 13.8 Å². The van der Waals surface area contributed by atoms with Gasteiger partial charge in [0.25, 0.3) is 0 Å². The van der Waals surface area contributed by atoms with Crippen LogP contribution >= 0.6 is 0 Å². The Kier molecular flexibility index (Phi) is 4.18. The molecule has 0 aliphatic rings. The summed E-state index contributed by atoms with van der Waals surface area (Å²) in [6, 6.07) is 20.2. The van der Waals surface area contributed by atoms with E-state index in [2.05, 4.69) is 47.7 Å². The minimum Gasteiger partial charge on any atom is -0.495 e. The van der Waals surface area contributed by atoms with Crippen molar-refractivity contribution in [3.8, 4) is 22.6 Å². The summed E-state index contributed by atoms with van der Waals surface area (Å²) in [5, 5.41) is 1.07. The fraction of sp³-hybridized carbons (Fsp3) is 0.125. The lowest BCUT2D eigenvalue weighted by Crippen LogP contribution is -1.96. The van der Waals surface area contributed by atoms with Crippen LogP contribution < -0.4 is 4.74 Å². The second-order valence-corrected chi connectivity index (χ2v) is 6.65. The van der Waals surface area contributed by atoms with E-state index < -0.39 is 0 Å².